The van der Waals surface area contributed by atoms with Crippen molar-refractivity contribution in [1.82, 2.24) is 10.6 Å². The van der Waals surface area contributed by atoms with Gasteiger partial charge in [0.1, 0.15) is 6.04 Å². The first-order valence-corrected chi connectivity index (χ1v) is 9.69. The number of thioether (sulfide) groups is 1. The third kappa shape index (κ3) is 5.66. The number of carbonyl (C=O) groups is 2. The molecule has 0 bridgehead atoms. The predicted octanol–water partition coefficient (Wildman–Crippen LogP) is 3.56. The summed E-state index contributed by atoms with van der Waals surface area (Å²) in [4.78, 5) is 25.7. The molecule has 0 aliphatic carbocycles. The van der Waals surface area contributed by atoms with E-state index < -0.39 is 6.04 Å². The Morgan fingerprint density at radius 2 is 1.92 bits per heavy atom. The van der Waals surface area contributed by atoms with Gasteiger partial charge in [-0.1, -0.05) is 19.9 Å². The second-order valence-corrected chi connectivity index (χ2v) is 7.73. The normalized spacial score (nSPS) is 12.0. The molecule has 1 heterocycles. The molecule has 0 aliphatic heterocycles. The fourth-order valence-electron chi connectivity index (χ4n) is 2.41. The highest BCUT2D eigenvalue weighted by molar-refractivity contribution is 7.99. The van der Waals surface area contributed by atoms with E-state index in [0.717, 1.165) is 5.75 Å². The molecular formula is C20H26N2O3S. The molecule has 0 radical (unpaired) electrons. The third-order valence-corrected chi connectivity index (χ3v) is 5.12. The van der Waals surface area contributed by atoms with Crippen molar-refractivity contribution >= 4 is 23.6 Å². The van der Waals surface area contributed by atoms with Crippen molar-refractivity contribution in [3.8, 4) is 0 Å². The van der Waals surface area contributed by atoms with Gasteiger partial charge in [0.25, 0.3) is 5.91 Å². The fourth-order valence-corrected chi connectivity index (χ4v) is 3.28. The molecule has 26 heavy (non-hydrogen) atoms. The lowest BCUT2D eigenvalue weighted by atomic mass is 10.0. The molecule has 0 aliphatic rings. The molecule has 1 aromatic carbocycles. The lowest BCUT2D eigenvalue weighted by Crippen LogP contribution is -2.50. The number of amides is 2. The minimum absolute atomic E-state index is 0.0266. The molecule has 1 atom stereocenters. The molecule has 1 unspecified atom stereocenters. The zero-order chi connectivity index (χ0) is 19.1. The first-order valence-electron chi connectivity index (χ1n) is 8.70. The Kier molecular flexibility index (Phi) is 7.33. The Morgan fingerprint density at radius 3 is 2.54 bits per heavy atom. The van der Waals surface area contributed by atoms with Crippen molar-refractivity contribution < 1.29 is 14.0 Å². The minimum Gasteiger partial charge on any atom is -0.459 e. The Bertz CT molecular complexity index is 742. The van der Waals surface area contributed by atoms with Gasteiger partial charge in [0.2, 0.25) is 5.91 Å². The number of carbonyl (C=O) groups excluding carboxylic acids is 2. The number of aryl methyl sites for hydroxylation is 2. The van der Waals surface area contributed by atoms with E-state index in [2.05, 4.69) is 42.7 Å². The van der Waals surface area contributed by atoms with Gasteiger partial charge in [-0.05, 0) is 55.2 Å². The topological polar surface area (TPSA) is 71.3 Å². The van der Waals surface area contributed by atoms with Gasteiger partial charge in [0, 0.05) is 17.2 Å². The molecule has 0 spiro atoms. The summed E-state index contributed by atoms with van der Waals surface area (Å²) in [6.45, 7) is 8.52. The van der Waals surface area contributed by atoms with Crippen LogP contribution in [-0.4, -0.2) is 30.2 Å². The van der Waals surface area contributed by atoms with E-state index in [4.69, 9.17) is 4.42 Å². The summed E-state index contributed by atoms with van der Waals surface area (Å²) in [6, 6.07) is 8.97. The van der Waals surface area contributed by atoms with Gasteiger partial charge in [-0.15, -0.1) is 11.8 Å². The van der Waals surface area contributed by atoms with E-state index in [9.17, 15) is 9.59 Å². The molecule has 2 N–H and O–H groups in total. The van der Waals surface area contributed by atoms with Crippen molar-refractivity contribution in [2.75, 3.05) is 12.3 Å². The standard InChI is InChI=1S/C20H26N2O3S/c1-13(2)18(22-19(23)17-6-5-10-25-17)20(24)21-9-11-26-16-8-7-14(3)15(4)12-16/h5-8,10,12-13,18H,9,11H2,1-4H3,(H,21,24)(H,22,23). The maximum atomic E-state index is 12.4. The Labute approximate surface area is 158 Å². The van der Waals surface area contributed by atoms with Gasteiger partial charge in [-0.25, -0.2) is 0 Å². The van der Waals surface area contributed by atoms with Crippen LogP contribution in [0.4, 0.5) is 0 Å². The monoisotopic (exact) mass is 374 g/mol. The Morgan fingerprint density at radius 1 is 1.15 bits per heavy atom. The van der Waals surface area contributed by atoms with Gasteiger partial charge in [-0.2, -0.15) is 0 Å². The summed E-state index contributed by atoms with van der Waals surface area (Å²) >= 11 is 1.70. The summed E-state index contributed by atoms with van der Waals surface area (Å²) < 4.78 is 5.07. The number of benzene rings is 1. The molecule has 2 aromatic rings. The van der Waals surface area contributed by atoms with Crippen molar-refractivity contribution in [2.24, 2.45) is 5.92 Å². The Hall–Kier alpha value is -2.21. The van der Waals surface area contributed by atoms with Crippen LogP contribution < -0.4 is 10.6 Å². The maximum absolute atomic E-state index is 12.4. The van der Waals surface area contributed by atoms with Crippen LogP contribution in [0.2, 0.25) is 0 Å². The van der Waals surface area contributed by atoms with Crippen molar-refractivity contribution in [1.29, 1.82) is 0 Å². The molecule has 5 nitrogen and oxygen atoms in total. The number of furan rings is 1. The van der Waals surface area contributed by atoms with Crippen molar-refractivity contribution in [3.63, 3.8) is 0 Å². The van der Waals surface area contributed by atoms with E-state index in [1.54, 1.807) is 23.9 Å². The molecule has 0 saturated heterocycles. The number of rotatable bonds is 8. The van der Waals surface area contributed by atoms with Crippen LogP contribution in [0.1, 0.15) is 35.5 Å². The second kappa shape index (κ2) is 9.48. The number of nitrogens with one attached hydrogen (secondary N) is 2. The van der Waals surface area contributed by atoms with Crippen LogP contribution in [0.3, 0.4) is 0 Å². The lowest BCUT2D eigenvalue weighted by molar-refractivity contribution is -0.123. The van der Waals surface area contributed by atoms with Gasteiger partial charge in [-0.3, -0.25) is 9.59 Å². The van der Waals surface area contributed by atoms with Crippen molar-refractivity contribution in [3.05, 3.63) is 53.5 Å². The van der Waals surface area contributed by atoms with Crippen LogP contribution in [0.5, 0.6) is 0 Å². The fraction of sp³-hybridized carbons (Fsp3) is 0.400. The molecular weight excluding hydrogens is 348 g/mol. The largest absolute Gasteiger partial charge is 0.459 e. The summed E-state index contributed by atoms with van der Waals surface area (Å²) in [5.41, 5.74) is 2.54. The number of hydrogen-bond acceptors (Lipinski definition) is 4. The summed E-state index contributed by atoms with van der Waals surface area (Å²) in [6.07, 6.45) is 1.43. The molecule has 0 saturated carbocycles. The lowest BCUT2D eigenvalue weighted by Gasteiger charge is -2.21. The molecule has 140 valence electrons. The van der Waals surface area contributed by atoms with E-state index in [0.29, 0.717) is 6.54 Å². The number of hydrogen-bond donors (Lipinski definition) is 2. The van der Waals surface area contributed by atoms with Crippen molar-refractivity contribution in [2.45, 2.75) is 38.6 Å². The highest BCUT2D eigenvalue weighted by Gasteiger charge is 2.25. The quantitative estimate of drug-likeness (QED) is 0.547. The molecule has 6 heteroatoms. The second-order valence-electron chi connectivity index (χ2n) is 6.56. The van der Waals surface area contributed by atoms with E-state index in [1.807, 2.05) is 13.8 Å². The van der Waals surface area contributed by atoms with E-state index in [1.165, 1.54) is 22.3 Å². The van der Waals surface area contributed by atoms with Crippen LogP contribution in [0.25, 0.3) is 0 Å². The summed E-state index contributed by atoms with van der Waals surface area (Å²) in [5, 5.41) is 5.65. The average Bonchev–Trinajstić information content (AvgIpc) is 3.13. The molecule has 2 rings (SSSR count). The minimum atomic E-state index is -0.598. The van der Waals surface area contributed by atoms with Gasteiger partial charge >= 0.3 is 0 Å². The zero-order valence-corrected chi connectivity index (χ0v) is 16.5. The van der Waals surface area contributed by atoms with Crippen LogP contribution in [-0.2, 0) is 4.79 Å². The first kappa shape index (κ1) is 20.1. The molecule has 0 fully saturated rings. The third-order valence-electron chi connectivity index (χ3n) is 4.13. The smallest absolute Gasteiger partial charge is 0.287 e. The predicted molar refractivity (Wildman–Crippen MR) is 104 cm³/mol. The van der Waals surface area contributed by atoms with Crippen LogP contribution in [0.15, 0.2) is 45.9 Å². The summed E-state index contributed by atoms with van der Waals surface area (Å²) in [7, 11) is 0. The highest BCUT2D eigenvalue weighted by atomic mass is 32.2. The van der Waals surface area contributed by atoms with E-state index in [-0.39, 0.29) is 23.5 Å². The summed E-state index contributed by atoms with van der Waals surface area (Å²) in [5.74, 6) is 0.384. The van der Waals surface area contributed by atoms with Crippen LogP contribution >= 0.6 is 11.8 Å². The molecule has 2 amide bonds. The van der Waals surface area contributed by atoms with Gasteiger partial charge < -0.3 is 15.1 Å². The highest BCUT2D eigenvalue weighted by Crippen LogP contribution is 2.20. The average molecular weight is 375 g/mol. The molecule has 1 aromatic heterocycles. The first-order chi connectivity index (χ1) is 12.4. The van der Waals surface area contributed by atoms with Crippen LogP contribution in [0, 0.1) is 19.8 Å². The Balaban J connectivity index is 1.81. The SMILES string of the molecule is Cc1ccc(SCCNC(=O)C(NC(=O)c2ccco2)C(C)C)cc1C. The van der Waals surface area contributed by atoms with Gasteiger partial charge in [0.05, 0.1) is 6.26 Å². The van der Waals surface area contributed by atoms with Gasteiger partial charge in [0.15, 0.2) is 5.76 Å². The zero-order valence-electron chi connectivity index (χ0n) is 15.7. The maximum Gasteiger partial charge on any atom is 0.287 e. The van der Waals surface area contributed by atoms with E-state index >= 15 is 0 Å².